The first kappa shape index (κ1) is 21.6. The Kier molecular flexibility index (Phi) is 5.92. The number of aromatic nitrogens is 3. The number of nitrogens with zero attached hydrogens (tertiary/aromatic N) is 4. The maximum Gasteiger partial charge on any atom is 0.289 e. The Bertz CT molecular complexity index is 1360. The molecule has 0 spiro atoms. The number of rotatable bonds is 6. The summed E-state index contributed by atoms with van der Waals surface area (Å²) in [5, 5.41) is 16.6. The molecule has 0 radical (unpaired) electrons. The molecule has 172 valence electrons. The maximum atomic E-state index is 9.24. The molecule has 34 heavy (non-hydrogen) atoms. The lowest BCUT2D eigenvalue weighted by atomic mass is 10.1. The van der Waals surface area contributed by atoms with E-state index in [1.165, 1.54) is 6.33 Å². The van der Waals surface area contributed by atoms with Crippen molar-refractivity contribution < 1.29 is 14.6 Å². The third-order valence-electron chi connectivity index (χ3n) is 5.36. The second-order valence-corrected chi connectivity index (χ2v) is 8.00. The molecule has 0 fully saturated rings. The van der Waals surface area contributed by atoms with Crippen LogP contribution in [0.25, 0.3) is 10.9 Å². The third kappa shape index (κ3) is 4.74. The first-order chi connectivity index (χ1) is 16.6. The summed E-state index contributed by atoms with van der Waals surface area (Å²) >= 11 is 0. The molecule has 1 atom stereocenters. The first-order valence-electron chi connectivity index (χ1n) is 10.9. The molecule has 0 amide bonds. The van der Waals surface area contributed by atoms with E-state index in [1.54, 1.807) is 6.20 Å². The molecule has 3 N–H and O–H groups in total. The van der Waals surface area contributed by atoms with Gasteiger partial charge in [0, 0.05) is 22.5 Å². The van der Waals surface area contributed by atoms with Gasteiger partial charge in [-0.3, -0.25) is 4.98 Å². The lowest BCUT2D eigenvalue weighted by molar-refractivity contribution is 0.227. The van der Waals surface area contributed by atoms with Gasteiger partial charge in [-0.2, -0.15) is 0 Å². The molecule has 9 nitrogen and oxygen atoms in total. The van der Waals surface area contributed by atoms with Crippen LogP contribution >= 0.6 is 0 Å². The van der Waals surface area contributed by atoms with Gasteiger partial charge in [0.1, 0.15) is 36.3 Å². The van der Waals surface area contributed by atoms with Gasteiger partial charge >= 0.3 is 0 Å². The Morgan fingerprint density at radius 1 is 1.00 bits per heavy atom. The van der Waals surface area contributed by atoms with Crippen LogP contribution in [0.5, 0.6) is 11.5 Å². The number of benzene rings is 2. The van der Waals surface area contributed by atoms with Gasteiger partial charge < -0.3 is 25.2 Å². The number of aryl methyl sites for hydroxylation is 2. The topological polar surface area (TPSA) is 114 Å². The van der Waals surface area contributed by atoms with Crippen LogP contribution in [-0.4, -0.2) is 45.3 Å². The van der Waals surface area contributed by atoms with Crippen molar-refractivity contribution in [2.75, 3.05) is 23.8 Å². The highest BCUT2D eigenvalue weighted by Crippen LogP contribution is 2.30. The van der Waals surface area contributed by atoms with Gasteiger partial charge in [0.05, 0.1) is 18.3 Å². The van der Waals surface area contributed by atoms with Crippen LogP contribution in [0, 0.1) is 13.8 Å². The van der Waals surface area contributed by atoms with Crippen molar-refractivity contribution in [2.45, 2.75) is 19.9 Å². The molecule has 2 aromatic heterocycles. The zero-order chi connectivity index (χ0) is 23.5. The minimum atomic E-state index is -0.235. The first-order valence-corrected chi connectivity index (χ1v) is 10.9. The molecule has 3 heterocycles. The lowest BCUT2D eigenvalue weighted by Gasteiger charge is -2.13. The average Bonchev–Trinajstić information content (AvgIpc) is 3.30. The predicted octanol–water partition coefficient (Wildman–Crippen LogP) is 4.34. The summed E-state index contributed by atoms with van der Waals surface area (Å²) in [7, 11) is 0. The number of fused-ring (bicyclic) bond motifs is 1. The summed E-state index contributed by atoms with van der Waals surface area (Å²) in [6.07, 6.45) is 3.24. The fraction of sp³-hybridized carbons (Fsp3) is 0.200. The van der Waals surface area contributed by atoms with Gasteiger partial charge in [-0.1, -0.05) is 0 Å². The number of aliphatic hydroxyl groups excluding tert-OH is 1. The molecular formula is C25H24N6O3. The summed E-state index contributed by atoms with van der Waals surface area (Å²) in [5.41, 5.74) is 4.38. The van der Waals surface area contributed by atoms with E-state index in [0.29, 0.717) is 24.2 Å². The van der Waals surface area contributed by atoms with Gasteiger partial charge in [-0.25, -0.2) is 15.0 Å². The summed E-state index contributed by atoms with van der Waals surface area (Å²) in [6, 6.07) is 15.6. The van der Waals surface area contributed by atoms with Crippen molar-refractivity contribution in [1.82, 2.24) is 15.0 Å². The fourth-order valence-corrected chi connectivity index (χ4v) is 3.55. The van der Waals surface area contributed by atoms with Crippen LogP contribution in [0.15, 0.2) is 66.0 Å². The van der Waals surface area contributed by atoms with Crippen LogP contribution in [-0.2, 0) is 4.74 Å². The van der Waals surface area contributed by atoms with Crippen LogP contribution in [0.1, 0.15) is 11.3 Å². The summed E-state index contributed by atoms with van der Waals surface area (Å²) in [5.74, 6) is 2.12. The van der Waals surface area contributed by atoms with E-state index in [9.17, 15) is 5.11 Å². The zero-order valence-corrected chi connectivity index (χ0v) is 18.8. The highest BCUT2D eigenvalue weighted by atomic mass is 16.5. The highest BCUT2D eigenvalue weighted by molar-refractivity contribution is 5.97. The van der Waals surface area contributed by atoms with Gasteiger partial charge in [-0.15, -0.1) is 0 Å². The number of aliphatic hydroxyl groups is 1. The molecule has 0 unspecified atom stereocenters. The molecule has 0 bridgehead atoms. The van der Waals surface area contributed by atoms with E-state index >= 15 is 0 Å². The fourth-order valence-electron chi connectivity index (χ4n) is 3.55. The number of hydrogen-bond donors (Lipinski definition) is 3. The molecule has 1 aliphatic rings. The standard InChI is InChI=1S/C25H24N6O3/c1-15-9-17(5-8-23(15)34-20-6-3-16(2)26-11-20)29-24-21-10-18(4-7-22(21)27-14-28-24)30-25-31-19(12-32)13-33-25/h3-11,14,19,32H,12-13H2,1-2H3,(H,30,31)(H,27,28,29)/t19-/m1/s1. The molecule has 0 saturated carbocycles. The van der Waals surface area contributed by atoms with Crippen LogP contribution < -0.4 is 15.4 Å². The average molecular weight is 457 g/mol. The van der Waals surface area contributed by atoms with E-state index in [4.69, 9.17) is 9.47 Å². The number of ether oxygens (including phenoxy) is 2. The number of hydrogen-bond acceptors (Lipinski definition) is 9. The number of nitrogens with one attached hydrogen (secondary N) is 2. The lowest BCUT2D eigenvalue weighted by Crippen LogP contribution is -2.12. The maximum absolute atomic E-state index is 9.24. The number of amidine groups is 1. The van der Waals surface area contributed by atoms with Crippen molar-refractivity contribution in [1.29, 1.82) is 0 Å². The summed E-state index contributed by atoms with van der Waals surface area (Å²) in [6.45, 7) is 4.25. The largest absolute Gasteiger partial charge is 0.463 e. The second-order valence-electron chi connectivity index (χ2n) is 8.00. The summed E-state index contributed by atoms with van der Waals surface area (Å²) < 4.78 is 11.5. The van der Waals surface area contributed by atoms with Crippen molar-refractivity contribution in [3.05, 3.63) is 72.3 Å². The smallest absolute Gasteiger partial charge is 0.289 e. The number of anilines is 3. The van der Waals surface area contributed by atoms with E-state index in [1.807, 2.05) is 62.4 Å². The predicted molar refractivity (Wildman–Crippen MR) is 131 cm³/mol. The second kappa shape index (κ2) is 9.32. The molecule has 4 aromatic rings. The van der Waals surface area contributed by atoms with E-state index in [2.05, 4.69) is 30.6 Å². The number of aliphatic imine (C=N–C) groups is 1. The highest BCUT2D eigenvalue weighted by Gasteiger charge is 2.18. The molecule has 1 aliphatic heterocycles. The van der Waals surface area contributed by atoms with Crippen molar-refractivity contribution >= 4 is 34.1 Å². The minimum Gasteiger partial charge on any atom is -0.463 e. The third-order valence-corrected chi connectivity index (χ3v) is 5.36. The van der Waals surface area contributed by atoms with Gasteiger partial charge in [0.2, 0.25) is 0 Å². The minimum absolute atomic E-state index is 0.0457. The molecule has 2 aromatic carbocycles. The number of pyridine rings is 1. The molecule has 5 rings (SSSR count). The van der Waals surface area contributed by atoms with E-state index in [0.717, 1.165) is 39.3 Å². The quantitative estimate of drug-likeness (QED) is 0.393. The van der Waals surface area contributed by atoms with Gasteiger partial charge in [-0.05, 0) is 67.9 Å². The SMILES string of the molecule is Cc1ccc(Oc2ccc(Nc3ncnc4ccc(NC5=N[C@H](CO)CO5)cc34)cc2C)cn1. The Labute approximate surface area is 196 Å². The zero-order valence-electron chi connectivity index (χ0n) is 18.8. The normalized spacial score (nSPS) is 15.0. The van der Waals surface area contributed by atoms with E-state index < -0.39 is 0 Å². The van der Waals surface area contributed by atoms with Gasteiger partial charge in [0.25, 0.3) is 6.02 Å². The molecule has 9 heteroatoms. The Hall–Kier alpha value is -4.24. The monoisotopic (exact) mass is 456 g/mol. The van der Waals surface area contributed by atoms with E-state index in [-0.39, 0.29) is 12.6 Å². The Morgan fingerprint density at radius 2 is 1.85 bits per heavy atom. The van der Waals surface area contributed by atoms with Crippen LogP contribution in [0.4, 0.5) is 17.2 Å². The summed E-state index contributed by atoms with van der Waals surface area (Å²) in [4.78, 5) is 17.4. The molecule has 0 saturated heterocycles. The van der Waals surface area contributed by atoms with Crippen LogP contribution in [0.2, 0.25) is 0 Å². The Balaban J connectivity index is 1.36. The van der Waals surface area contributed by atoms with Crippen molar-refractivity contribution in [3.63, 3.8) is 0 Å². The Morgan fingerprint density at radius 3 is 2.62 bits per heavy atom. The van der Waals surface area contributed by atoms with Crippen molar-refractivity contribution in [2.24, 2.45) is 4.99 Å². The molecule has 0 aliphatic carbocycles. The van der Waals surface area contributed by atoms with Gasteiger partial charge in [0.15, 0.2) is 0 Å². The van der Waals surface area contributed by atoms with Crippen molar-refractivity contribution in [3.8, 4) is 11.5 Å². The van der Waals surface area contributed by atoms with Crippen LogP contribution in [0.3, 0.4) is 0 Å². The molecular weight excluding hydrogens is 432 g/mol.